The quantitative estimate of drug-likeness (QED) is 0.539. The average Bonchev–Trinajstić information content (AvgIpc) is 2.75. The predicted octanol–water partition coefficient (Wildman–Crippen LogP) is 2.71. The van der Waals surface area contributed by atoms with Crippen LogP contribution in [0.25, 0.3) is 0 Å². The molecule has 0 aliphatic rings. The Labute approximate surface area is 196 Å². The van der Waals surface area contributed by atoms with Crippen LogP contribution in [0.5, 0.6) is 5.75 Å². The maximum atomic E-state index is 13.5. The smallest absolute Gasteiger partial charge is 0.244 e. The number of aryl methyl sites for hydroxylation is 1. The molecule has 0 unspecified atom stereocenters. The molecule has 0 spiro atoms. The highest BCUT2D eigenvalue weighted by Crippen LogP contribution is 2.30. The van der Waals surface area contributed by atoms with Crippen molar-refractivity contribution in [3.63, 3.8) is 0 Å². The van der Waals surface area contributed by atoms with Crippen LogP contribution in [0.2, 0.25) is 0 Å². The molecule has 0 radical (unpaired) electrons. The Hall–Kier alpha value is -3.07. The monoisotopic (exact) mass is 475 g/mol. The molecule has 0 saturated heterocycles. The minimum absolute atomic E-state index is 0.170. The average molecular weight is 476 g/mol. The van der Waals surface area contributed by atoms with E-state index in [1.807, 2.05) is 31.2 Å². The lowest BCUT2D eigenvalue weighted by atomic mass is 10.1. The highest BCUT2D eigenvalue weighted by atomic mass is 32.2. The largest absolute Gasteiger partial charge is 0.492 e. The van der Waals surface area contributed by atoms with Gasteiger partial charge in [0.1, 0.15) is 18.3 Å². The number of rotatable bonds is 11. The minimum atomic E-state index is -3.82. The second kappa shape index (κ2) is 11.7. The molecule has 2 rings (SSSR count). The zero-order valence-corrected chi connectivity index (χ0v) is 20.7. The van der Waals surface area contributed by atoms with Crippen molar-refractivity contribution in [1.29, 1.82) is 0 Å². The van der Waals surface area contributed by atoms with E-state index >= 15 is 0 Å². The summed E-state index contributed by atoms with van der Waals surface area (Å²) in [7, 11) is -3.82. The molecule has 33 heavy (non-hydrogen) atoms. The van der Waals surface area contributed by atoms with Gasteiger partial charge in [-0.25, -0.2) is 8.42 Å². The zero-order chi connectivity index (χ0) is 24.6. The fourth-order valence-electron chi connectivity index (χ4n) is 3.45. The van der Waals surface area contributed by atoms with Gasteiger partial charge in [0.2, 0.25) is 21.8 Å². The molecule has 1 atom stereocenters. The predicted molar refractivity (Wildman–Crippen MR) is 130 cm³/mol. The summed E-state index contributed by atoms with van der Waals surface area (Å²) in [5, 5.41) is 2.73. The number of carbonyl (C=O) groups is 2. The van der Waals surface area contributed by atoms with Gasteiger partial charge < -0.3 is 15.0 Å². The lowest BCUT2D eigenvalue weighted by molar-refractivity contribution is -0.139. The maximum absolute atomic E-state index is 13.5. The first-order valence-corrected chi connectivity index (χ1v) is 12.8. The van der Waals surface area contributed by atoms with Crippen molar-refractivity contribution in [2.24, 2.45) is 0 Å². The minimum Gasteiger partial charge on any atom is -0.492 e. The normalized spacial score (nSPS) is 12.0. The van der Waals surface area contributed by atoms with Crippen LogP contribution < -0.4 is 14.4 Å². The summed E-state index contributed by atoms with van der Waals surface area (Å²) in [4.78, 5) is 27.5. The standard InChI is InChI=1S/C24H33N3O5S/c1-6-25-24(29)19(4)26(16-20-12-10-11-18(3)15-20)23(28)17-27(33(5,30)31)21-13-8-9-14-22(21)32-7-2/h8-15,19H,6-7,16-17H2,1-5H3,(H,25,29)/t19-/m1/s1. The molecule has 1 N–H and O–H groups in total. The fourth-order valence-corrected chi connectivity index (χ4v) is 4.30. The lowest BCUT2D eigenvalue weighted by Crippen LogP contribution is -2.51. The third-order valence-electron chi connectivity index (χ3n) is 5.07. The van der Waals surface area contributed by atoms with Crippen LogP contribution in [0.3, 0.4) is 0 Å². The third-order valence-corrected chi connectivity index (χ3v) is 6.19. The molecule has 180 valence electrons. The fraction of sp³-hybridized carbons (Fsp3) is 0.417. The molecule has 0 aliphatic heterocycles. The van der Waals surface area contributed by atoms with Crippen molar-refractivity contribution in [3.05, 3.63) is 59.7 Å². The molecular weight excluding hydrogens is 442 g/mol. The zero-order valence-electron chi connectivity index (χ0n) is 19.9. The Morgan fingerprint density at radius 3 is 2.39 bits per heavy atom. The van der Waals surface area contributed by atoms with Gasteiger partial charge in [-0.2, -0.15) is 0 Å². The number of nitrogens with one attached hydrogen (secondary N) is 1. The van der Waals surface area contributed by atoms with Crippen LogP contribution >= 0.6 is 0 Å². The second-order valence-corrected chi connectivity index (χ2v) is 9.66. The van der Waals surface area contributed by atoms with Gasteiger partial charge in [0.15, 0.2) is 0 Å². The highest BCUT2D eigenvalue weighted by Gasteiger charge is 2.31. The van der Waals surface area contributed by atoms with Crippen molar-refractivity contribution < 1.29 is 22.7 Å². The van der Waals surface area contributed by atoms with E-state index in [0.717, 1.165) is 21.7 Å². The topological polar surface area (TPSA) is 96.0 Å². The molecule has 8 nitrogen and oxygen atoms in total. The molecule has 0 bridgehead atoms. The molecule has 2 aromatic carbocycles. The van der Waals surface area contributed by atoms with Crippen LogP contribution in [0.15, 0.2) is 48.5 Å². The van der Waals surface area contributed by atoms with Gasteiger partial charge >= 0.3 is 0 Å². The summed E-state index contributed by atoms with van der Waals surface area (Å²) in [6.45, 7) is 7.65. The number of ether oxygens (including phenoxy) is 1. The lowest BCUT2D eigenvalue weighted by Gasteiger charge is -2.32. The highest BCUT2D eigenvalue weighted by molar-refractivity contribution is 7.92. The number of para-hydroxylation sites is 2. The molecule has 0 aliphatic carbocycles. The van der Waals surface area contributed by atoms with Gasteiger partial charge in [0.05, 0.1) is 18.6 Å². The van der Waals surface area contributed by atoms with Crippen LogP contribution in [-0.4, -0.2) is 57.1 Å². The van der Waals surface area contributed by atoms with Crippen molar-refractivity contribution in [3.8, 4) is 5.75 Å². The van der Waals surface area contributed by atoms with E-state index in [-0.39, 0.29) is 18.1 Å². The number of carbonyl (C=O) groups excluding carboxylic acids is 2. The van der Waals surface area contributed by atoms with Gasteiger partial charge in [0, 0.05) is 13.1 Å². The van der Waals surface area contributed by atoms with Gasteiger partial charge in [-0.1, -0.05) is 42.0 Å². The summed E-state index contributed by atoms with van der Waals surface area (Å²) >= 11 is 0. The van der Waals surface area contributed by atoms with E-state index < -0.39 is 28.5 Å². The number of hydrogen-bond donors (Lipinski definition) is 1. The number of anilines is 1. The molecule has 0 saturated carbocycles. The van der Waals surface area contributed by atoms with E-state index in [2.05, 4.69) is 5.32 Å². The molecule has 0 aromatic heterocycles. The summed E-state index contributed by atoms with van der Waals surface area (Å²) < 4.78 is 32.0. The van der Waals surface area contributed by atoms with E-state index in [9.17, 15) is 18.0 Å². The number of nitrogens with zero attached hydrogens (tertiary/aromatic N) is 2. The van der Waals surface area contributed by atoms with E-state index in [4.69, 9.17) is 4.74 Å². The summed E-state index contributed by atoms with van der Waals surface area (Å²) in [6, 6.07) is 13.5. The van der Waals surface area contributed by atoms with Crippen molar-refractivity contribution in [1.82, 2.24) is 10.2 Å². The SMILES string of the molecule is CCNC(=O)[C@@H](C)N(Cc1cccc(C)c1)C(=O)CN(c1ccccc1OCC)S(C)(=O)=O. The van der Waals surface area contributed by atoms with Crippen molar-refractivity contribution in [2.75, 3.05) is 30.3 Å². The van der Waals surface area contributed by atoms with Crippen LogP contribution in [0.1, 0.15) is 31.9 Å². The van der Waals surface area contributed by atoms with E-state index in [0.29, 0.717) is 18.9 Å². The number of amides is 2. The number of sulfonamides is 1. The number of likely N-dealkylation sites (N-methyl/N-ethyl adjacent to an activating group) is 1. The number of hydrogen-bond acceptors (Lipinski definition) is 5. The third kappa shape index (κ3) is 7.21. The first-order chi connectivity index (χ1) is 15.6. The molecule has 2 aromatic rings. The molecule has 0 heterocycles. The van der Waals surface area contributed by atoms with E-state index in [1.165, 1.54) is 4.90 Å². The van der Waals surface area contributed by atoms with Crippen LogP contribution in [0.4, 0.5) is 5.69 Å². The first-order valence-electron chi connectivity index (χ1n) is 10.9. The first kappa shape index (κ1) is 26.2. The summed E-state index contributed by atoms with van der Waals surface area (Å²) in [6.07, 6.45) is 1.04. The van der Waals surface area contributed by atoms with Gasteiger partial charge in [-0.15, -0.1) is 0 Å². The van der Waals surface area contributed by atoms with Gasteiger partial charge in [-0.3, -0.25) is 13.9 Å². The molecule has 9 heteroatoms. The Morgan fingerprint density at radius 2 is 1.79 bits per heavy atom. The molecule has 0 fully saturated rings. The molecule has 2 amide bonds. The van der Waals surface area contributed by atoms with Crippen molar-refractivity contribution >= 4 is 27.5 Å². The summed E-state index contributed by atoms with van der Waals surface area (Å²) in [5.74, 6) is -0.439. The summed E-state index contributed by atoms with van der Waals surface area (Å²) in [5.41, 5.74) is 2.14. The van der Waals surface area contributed by atoms with Gasteiger partial charge in [0.25, 0.3) is 0 Å². The van der Waals surface area contributed by atoms with E-state index in [1.54, 1.807) is 45.0 Å². The van der Waals surface area contributed by atoms with Crippen LogP contribution in [0, 0.1) is 6.92 Å². The number of benzene rings is 2. The molecular formula is C24H33N3O5S. The Bertz CT molecular complexity index is 1070. The second-order valence-electron chi connectivity index (χ2n) is 7.75. The Kier molecular flexibility index (Phi) is 9.28. The Balaban J connectivity index is 2.43. The van der Waals surface area contributed by atoms with Gasteiger partial charge in [-0.05, 0) is 45.4 Å². The maximum Gasteiger partial charge on any atom is 0.244 e. The van der Waals surface area contributed by atoms with Crippen LogP contribution in [-0.2, 0) is 26.2 Å². The Morgan fingerprint density at radius 1 is 1.09 bits per heavy atom. The van der Waals surface area contributed by atoms with Crippen molar-refractivity contribution in [2.45, 2.75) is 40.3 Å².